The van der Waals surface area contributed by atoms with E-state index in [9.17, 15) is 18.0 Å². The fraction of sp³-hybridized carbons (Fsp3) is 0.182. The van der Waals surface area contributed by atoms with Gasteiger partial charge < -0.3 is 10.6 Å². The van der Waals surface area contributed by atoms with Crippen LogP contribution < -0.4 is 10.6 Å². The fourth-order valence-electron chi connectivity index (χ4n) is 2.80. The van der Waals surface area contributed by atoms with Gasteiger partial charge in [0.05, 0.1) is 16.4 Å². The molecule has 2 aromatic carbocycles. The zero-order valence-electron chi connectivity index (χ0n) is 16.2. The Kier molecular flexibility index (Phi) is 7.37. The molecule has 156 valence electrons. The number of carbonyl (C=O) groups is 2. The highest BCUT2D eigenvalue weighted by molar-refractivity contribution is 7.90. The third-order valence-corrected chi connectivity index (χ3v) is 6.85. The Morgan fingerprint density at radius 1 is 0.867 bits per heavy atom. The number of nitrogens with one attached hydrogen (secondary N) is 2. The Hall–Kier alpha value is -2.97. The molecule has 0 fully saturated rings. The van der Waals surface area contributed by atoms with Crippen molar-refractivity contribution in [3.63, 3.8) is 0 Å². The number of anilines is 1. The van der Waals surface area contributed by atoms with Gasteiger partial charge in [0, 0.05) is 17.8 Å². The van der Waals surface area contributed by atoms with Gasteiger partial charge in [-0.2, -0.15) is 0 Å². The van der Waals surface area contributed by atoms with Crippen LogP contribution >= 0.6 is 11.3 Å². The second kappa shape index (κ2) is 10.2. The summed E-state index contributed by atoms with van der Waals surface area (Å²) in [6.07, 6.45) is 0.343. The van der Waals surface area contributed by atoms with Gasteiger partial charge >= 0.3 is 0 Å². The number of thiophene rings is 1. The molecule has 0 radical (unpaired) electrons. The maximum atomic E-state index is 12.2. The van der Waals surface area contributed by atoms with E-state index in [1.54, 1.807) is 48.5 Å². The summed E-state index contributed by atoms with van der Waals surface area (Å²) in [4.78, 5) is 24.9. The lowest BCUT2D eigenvalue weighted by atomic mass is 10.2. The van der Waals surface area contributed by atoms with Crippen molar-refractivity contribution in [1.82, 2.24) is 5.32 Å². The van der Waals surface area contributed by atoms with Crippen LogP contribution in [0.4, 0.5) is 5.69 Å². The van der Waals surface area contributed by atoms with E-state index in [2.05, 4.69) is 10.6 Å². The molecule has 6 nitrogen and oxygen atoms in total. The van der Waals surface area contributed by atoms with Crippen LogP contribution in [0.25, 0.3) is 0 Å². The molecule has 3 rings (SSSR count). The topological polar surface area (TPSA) is 92.3 Å². The third-order valence-electron chi connectivity index (χ3n) is 4.30. The highest BCUT2D eigenvalue weighted by atomic mass is 32.2. The molecule has 0 unspecified atom stereocenters. The molecule has 0 saturated carbocycles. The monoisotopic (exact) mass is 442 g/mol. The summed E-state index contributed by atoms with van der Waals surface area (Å²) in [5.74, 6) is -0.471. The van der Waals surface area contributed by atoms with E-state index >= 15 is 0 Å². The van der Waals surface area contributed by atoms with E-state index in [0.717, 1.165) is 5.56 Å². The number of amides is 2. The van der Waals surface area contributed by atoms with Gasteiger partial charge in [0.2, 0.25) is 0 Å². The molecule has 2 N–H and O–H groups in total. The van der Waals surface area contributed by atoms with Crippen LogP contribution in [0.15, 0.2) is 72.1 Å². The van der Waals surface area contributed by atoms with Crippen LogP contribution in [0.1, 0.15) is 32.0 Å². The van der Waals surface area contributed by atoms with E-state index in [1.165, 1.54) is 11.3 Å². The summed E-state index contributed by atoms with van der Waals surface area (Å²) < 4.78 is 24.4. The SMILES string of the molecule is O=C(NCCCS(=O)(=O)Cc1ccccc1)c1ccc(NC(=O)c2cccs2)cc1. The van der Waals surface area contributed by atoms with Crippen molar-refractivity contribution >= 4 is 38.7 Å². The standard InChI is InChI=1S/C22H22N2O4S2/c25-21(23-13-5-15-30(27,28)16-17-6-2-1-3-7-17)18-9-11-19(12-10-18)24-22(26)20-8-4-14-29-20/h1-4,6-12,14H,5,13,15-16H2,(H,23,25)(H,24,26). The lowest BCUT2D eigenvalue weighted by Crippen LogP contribution is -2.26. The van der Waals surface area contributed by atoms with Crippen molar-refractivity contribution < 1.29 is 18.0 Å². The van der Waals surface area contributed by atoms with Crippen LogP contribution in [-0.2, 0) is 15.6 Å². The number of sulfone groups is 1. The number of hydrogen-bond acceptors (Lipinski definition) is 5. The Morgan fingerprint density at radius 2 is 1.60 bits per heavy atom. The normalized spacial score (nSPS) is 11.1. The van der Waals surface area contributed by atoms with Gasteiger partial charge in [-0.1, -0.05) is 36.4 Å². The summed E-state index contributed by atoms with van der Waals surface area (Å²) in [5, 5.41) is 7.33. The molecule has 0 saturated heterocycles. The van der Waals surface area contributed by atoms with E-state index in [1.807, 2.05) is 23.6 Å². The van der Waals surface area contributed by atoms with Gasteiger partial charge in [-0.05, 0) is 47.7 Å². The molecule has 0 spiro atoms. The van der Waals surface area contributed by atoms with Crippen molar-refractivity contribution in [2.75, 3.05) is 17.6 Å². The molecule has 30 heavy (non-hydrogen) atoms. The lowest BCUT2D eigenvalue weighted by molar-refractivity contribution is 0.0953. The van der Waals surface area contributed by atoms with Crippen LogP contribution in [0.5, 0.6) is 0 Å². The summed E-state index contributed by atoms with van der Waals surface area (Å²) in [7, 11) is -3.22. The van der Waals surface area contributed by atoms with Gasteiger partial charge in [0.15, 0.2) is 9.84 Å². The Bertz CT molecular complexity index is 1080. The number of carbonyl (C=O) groups excluding carboxylic acids is 2. The molecule has 8 heteroatoms. The molecule has 0 aliphatic carbocycles. The Morgan fingerprint density at radius 3 is 2.27 bits per heavy atom. The van der Waals surface area contributed by atoms with E-state index in [4.69, 9.17) is 0 Å². The van der Waals surface area contributed by atoms with Crippen LogP contribution in [0.2, 0.25) is 0 Å². The van der Waals surface area contributed by atoms with Crippen molar-refractivity contribution in [3.8, 4) is 0 Å². The first-order chi connectivity index (χ1) is 14.4. The van der Waals surface area contributed by atoms with Gasteiger partial charge in [0.1, 0.15) is 0 Å². The lowest BCUT2D eigenvalue weighted by Gasteiger charge is -2.08. The second-order valence-corrected chi connectivity index (χ2v) is 9.83. The first-order valence-electron chi connectivity index (χ1n) is 9.40. The molecule has 0 aliphatic heterocycles. The number of rotatable bonds is 9. The molecular weight excluding hydrogens is 420 g/mol. The second-order valence-electron chi connectivity index (χ2n) is 6.70. The van der Waals surface area contributed by atoms with Gasteiger partial charge in [-0.15, -0.1) is 11.3 Å². The minimum atomic E-state index is -3.22. The minimum absolute atomic E-state index is 0.000437. The predicted octanol–water partition coefficient (Wildman–Crippen LogP) is 3.74. The third kappa shape index (κ3) is 6.53. The maximum Gasteiger partial charge on any atom is 0.265 e. The summed E-state index contributed by atoms with van der Waals surface area (Å²) in [6, 6.07) is 19.1. The smallest absolute Gasteiger partial charge is 0.265 e. The van der Waals surface area contributed by atoms with E-state index in [-0.39, 0.29) is 29.9 Å². The number of benzene rings is 2. The average molecular weight is 443 g/mol. The molecule has 0 atom stereocenters. The zero-order valence-corrected chi connectivity index (χ0v) is 17.8. The first kappa shape index (κ1) is 21.7. The van der Waals surface area contributed by atoms with Gasteiger partial charge in [0.25, 0.3) is 11.8 Å². The average Bonchev–Trinajstić information content (AvgIpc) is 3.27. The quantitative estimate of drug-likeness (QED) is 0.494. The Balaban J connectivity index is 1.43. The van der Waals surface area contributed by atoms with Crippen LogP contribution in [0, 0.1) is 0 Å². The summed E-state index contributed by atoms with van der Waals surface area (Å²) >= 11 is 1.35. The maximum absolute atomic E-state index is 12.2. The molecule has 0 aliphatic rings. The van der Waals surface area contributed by atoms with Crippen LogP contribution in [-0.4, -0.2) is 32.5 Å². The van der Waals surface area contributed by atoms with Gasteiger partial charge in [-0.25, -0.2) is 8.42 Å². The molecule has 1 heterocycles. The minimum Gasteiger partial charge on any atom is -0.352 e. The highest BCUT2D eigenvalue weighted by Gasteiger charge is 2.13. The molecule has 2 amide bonds. The largest absolute Gasteiger partial charge is 0.352 e. The summed E-state index contributed by atoms with van der Waals surface area (Å²) in [5.41, 5.74) is 1.79. The number of hydrogen-bond donors (Lipinski definition) is 2. The van der Waals surface area contributed by atoms with Crippen molar-refractivity contribution in [2.45, 2.75) is 12.2 Å². The molecule has 1 aromatic heterocycles. The van der Waals surface area contributed by atoms with Crippen molar-refractivity contribution in [2.24, 2.45) is 0 Å². The van der Waals surface area contributed by atoms with E-state index < -0.39 is 9.84 Å². The highest BCUT2D eigenvalue weighted by Crippen LogP contribution is 2.14. The summed E-state index contributed by atoms with van der Waals surface area (Å²) in [6.45, 7) is 0.268. The molecule has 0 bridgehead atoms. The van der Waals surface area contributed by atoms with Gasteiger partial charge in [-0.3, -0.25) is 9.59 Å². The fourth-order valence-corrected chi connectivity index (χ4v) is 4.85. The predicted molar refractivity (Wildman–Crippen MR) is 120 cm³/mol. The van der Waals surface area contributed by atoms with Crippen LogP contribution in [0.3, 0.4) is 0 Å². The first-order valence-corrected chi connectivity index (χ1v) is 12.1. The zero-order chi connectivity index (χ0) is 21.4. The Labute approximate surface area is 179 Å². The van der Waals surface area contributed by atoms with E-state index in [0.29, 0.717) is 22.5 Å². The molecular formula is C22H22N2O4S2. The van der Waals surface area contributed by atoms with Crippen molar-refractivity contribution in [1.29, 1.82) is 0 Å². The van der Waals surface area contributed by atoms with Crippen molar-refractivity contribution in [3.05, 3.63) is 88.1 Å². The molecule has 3 aromatic rings.